The maximum absolute atomic E-state index is 5.47. The molecule has 0 aliphatic heterocycles. The minimum absolute atomic E-state index is 0.142. The molecule has 132 valence electrons. The van der Waals surface area contributed by atoms with Crippen LogP contribution in [-0.2, 0) is 6.42 Å². The first kappa shape index (κ1) is 17.8. The van der Waals surface area contributed by atoms with E-state index in [1.807, 2.05) is 30.3 Å². The van der Waals surface area contributed by atoms with E-state index in [2.05, 4.69) is 47.3 Å². The lowest BCUT2D eigenvalue weighted by Crippen LogP contribution is -2.12. The molecule has 4 nitrogen and oxygen atoms in total. The number of imidazole rings is 1. The molecule has 2 aromatic heterocycles. The van der Waals surface area contributed by atoms with Gasteiger partial charge in [0.05, 0.1) is 25.6 Å². The van der Waals surface area contributed by atoms with Crippen LogP contribution in [0.2, 0.25) is 0 Å². The zero-order valence-electron chi connectivity index (χ0n) is 15.3. The van der Waals surface area contributed by atoms with Crippen LogP contribution in [0.15, 0.2) is 41.0 Å². The Morgan fingerprint density at radius 2 is 1.76 bits per heavy atom. The monoisotopic (exact) mass is 402 g/mol. The first-order valence-corrected chi connectivity index (χ1v) is 9.00. The summed E-state index contributed by atoms with van der Waals surface area (Å²) in [6, 6.07) is 9.99. The lowest BCUT2D eigenvalue weighted by Gasteiger charge is -2.19. The molecule has 0 bridgehead atoms. The topological polar surface area (TPSA) is 35.8 Å². The largest absolute Gasteiger partial charge is 0.493 e. The number of halogens is 1. The van der Waals surface area contributed by atoms with Gasteiger partial charge in [0.2, 0.25) is 0 Å². The first-order valence-electron chi connectivity index (χ1n) is 8.21. The summed E-state index contributed by atoms with van der Waals surface area (Å²) in [5.74, 6) is 1.43. The zero-order valence-corrected chi connectivity index (χ0v) is 16.8. The van der Waals surface area contributed by atoms with Crippen molar-refractivity contribution in [3.8, 4) is 22.8 Å². The number of fused-ring (bicyclic) bond motifs is 1. The average Bonchev–Trinajstić information content (AvgIpc) is 2.90. The van der Waals surface area contributed by atoms with E-state index >= 15 is 0 Å². The van der Waals surface area contributed by atoms with Crippen LogP contribution in [0.3, 0.4) is 0 Å². The van der Waals surface area contributed by atoms with Crippen LogP contribution in [0.5, 0.6) is 11.5 Å². The molecule has 0 aliphatic rings. The summed E-state index contributed by atoms with van der Waals surface area (Å²) < 4.78 is 14.0. The van der Waals surface area contributed by atoms with Gasteiger partial charge in [-0.05, 0) is 58.1 Å². The van der Waals surface area contributed by atoms with Crippen LogP contribution in [0, 0.1) is 5.41 Å². The summed E-state index contributed by atoms with van der Waals surface area (Å²) in [6.07, 6.45) is 2.99. The molecule has 3 rings (SSSR count). The van der Waals surface area contributed by atoms with Crippen LogP contribution >= 0.6 is 15.9 Å². The number of hydrogen-bond acceptors (Lipinski definition) is 3. The predicted octanol–water partition coefficient (Wildman–Crippen LogP) is 5.37. The van der Waals surface area contributed by atoms with Gasteiger partial charge in [0.15, 0.2) is 11.5 Å². The maximum Gasteiger partial charge on any atom is 0.161 e. The number of pyridine rings is 1. The molecule has 0 unspecified atom stereocenters. The summed E-state index contributed by atoms with van der Waals surface area (Å²) >= 11 is 3.57. The highest BCUT2D eigenvalue weighted by molar-refractivity contribution is 9.10. The van der Waals surface area contributed by atoms with E-state index in [4.69, 9.17) is 14.5 Å². The Balaban J connectivity index is 2.23. The van der Waals surface area contributed by atoms with Crippen molar-refractivity contribution in [2.75, 3.05) is 14.2 Å². The Hall–Kier alpha value is -2.01. The van der Waals surface area contributed by atoms with E-state index in [-0.39, 0.29) is 5.41 Å². The molecule has 0 saturated carbocycles. The molecule has 5 heteroatoms. The second-order valence-electron chi connectivity index (χ2n) is 7.29. The molecule has 0 fully saturated rings. The average molecular weight is 403 g/mol. The van der Waals surface area contributed by atoms with Crippen molar-refractivity contribution in [2.45, 2.75) is 27.2 Å². The number of benzene rings is 1. The van der Waals surface area contributed by atoms with Crippen molar-refractivity contribution in [1.29, 1.82) is 0 Å². The van der Waals surface area contributed by atoms with Gasteiger partial charge in [-0.15, -0.1) is 0 Å². The number of methoxy groups -OCH3 is 2. The summed E-state index contributed by atoms with van der Waals surface area (Å²) in [7, 11) is 3.30. The Morgan fingerprint density at radius 1 is 1.04 bits per heavy atom. The molecule has 3 aromatic rings. The van der Waals surface area contributed by atoms with Gasteiger partial charge in [-0.1, -0.05) is 20.8 Å². The molecule has 0 aliphatic carbocycles. The fourth-order valence-corrected chi connectivity index (χ4v) is 3.29. The van der Waals surface area contributed by atoms with Crippen molar-refractivity contribution in [1.82, 2.24) is 9.38 Å². The van der Waals surface area contributed by atoms with E-state index in [9.17, 15) is 0 Å². The van der Waals surface area contributed by atoms with E-state index in [1.165, 1.54) is 5.69 Å². The molecule has 0 amide bonds. The highest BCUT2D eigenvalue weighted by atomic mass is 79.9. The smallest absolute Gasteiger partial charge is 0.161 e. The normalized spacial score (nSPS) is 11.8. The van der Waals surface area contributed by atoms with Crippen molar-refractivity contribution >= 4 is 21.6 Å². The highest BCUT2D eigenvalue weighted by Crippen LogP contribution is 2.35. The summed E-state index contributed by atoms with van der Waals surface area (Å²) in [6.45, 7) is 6.72. The Morgan fingerprint density at radius 3 is 2.40 bits per heavy atom. The van der Waals surface area contributed by atoms with Crippen LogP contribution in [0.4, 0.5) is 0 Å². The maximum atomic E-state index is 5.47. The number of ether oxygens (including phenoxy) is 2. The van der Waals surface area contributed by atoms with Crippen LogP contribution in [0.1, 0.15) is 26.5 Å². The minimum atomic E-state index is 0.142. The van der Waals surface area contributed by atoms with Gasteiger partial charge in [-0.25, -0.2) is 4.98 Å². The van der Waals surface area contributed by atoms with E-state index in [1.54, 1.807) is 14.2 Å². The van der Waals surface area contributed by atoms with Crippen molar-refractivity contribution < 1.29 is 9.47 Å². The SMILES string of the molecule is COc1ccc(-c2nc3ccc(Br)cn3c2CC(C)(C)C)cc1OC. The molecule has 0 radical (unpaired) electrons. The van der Waals surface area contributed by atoms with E-state index in [0.29, 0.717) is 5.75 Å². The zero-order chi connectivity index (χ0) is 18.2. The second-order valence-corrected chi connectivity index (χ2v) is 8.21. The van der Waals surface area contributed by atoms with Crippen molar-refractivity contribution in [2.24, 2.45) is 5.41 Å². The van der Waals surface area contributed by atoms with Crippen molar-refractivity contribution in [3.63, 3.8) is 0 Å². The minimum Gasteiger partial charge on any atom is -0.493 e. The Kier molecular flexibility index (Phi) is 4.78. The third-order valence-electron chi connectivity index (χ3n) is 4.04. The fraction of sp³-hybridized carbons (Fsp3) is 0.350. The lowest BCUT2D eigenvalue weighted by atomic mass is 9.89. The number of nitrogens with zero attached hydrogens (tertiary/aromatic N) is 2. The van der Waals surface area contributed by atoms with Gasteiger partial charge in [-0.2, -0.15) is 0 Å². The van der Waals surface area contributed by atoms with Gasteiger partial charge >= 0.3 is 0 Å². The molecule has 0 spiro atoms. The third kappa shape index (κ3) is 3.66. The molecule has 0 atom stereocenters. The molecular weight excluding hydrogens is 380 g/mol. The summed E-state index contributed by atoms with van der Waals surface area (Å²) in [5, 5.41) is 0. The number of aromatic nitrogens is 2. The third-order valence-corrected chi connectivity index (χ3v) is 4.51. The highest BCUT2D eigenvalue weighted by Gasteiger charge is 2.21. The molecule has 0 saturated heterocycles. The van der Waals surface area contributed by atoms with E-state index < -0.39 is 0 Å². The summed E-state index contributed by atoms with van der Waals surface area (Å²) in [4.78, 5) is 4.88. The Bertz CT molecular complexity index is 910. The van der Waals surface area contributed by atoms with Gasteiger partial charge in [0, 0.05) is 16.2 Å². The van der Waals surface area contributed by atoms with Crippen molar-refractivity contribution in [3.05, 3.63) is 46.7 Å². The fourth-order valence-electron chi connectivity index (χ4n) is 2.95. The van der Waals surface area contributed by atoms with Gasteiger partial charge < -0.3 is 13.9 Å². The summed E-state index contributed by atoms with van der Waals surface area (Å²) in [5.41, 5.74) is 4.28. The predicted molar refractivity (Wildman–Crippen MR) is 105 cm³/mol. The molecule has 0 N–H and O–H groups in total. The van der Waals surface area contributed by atoms with Gasteiger partial charge in [0.25, 0.3) is 0 Å². The number of rotatable bonds is 4. The standard InChI is InChI=1S/C20H23BrN2O2/c1-20(2,3)11-15-19(22-18-9-7-14(21)12-23(15)18)13-6-8-16(24-4)17(10-13)25-5/h6-10,12H,11H2,1-5H3. The van der Waals surface area contributed by atoms with Crippen LogP contribution < -0.4 is 9.47 Å². The molecule has 1 aromatic carbocycles. The van der Waals surface area contributed by atoms with E-state index in [0.717, 1.165) is 33.5 Å². The lowest BCUT2D eigenvalue weighted by molar-refractivity contribution is 0.355. The Labute approximate surface area is 156 Å². The second kappa shape index (κ2) is 6.71. The first-order chi connectivity index (χ1) is 11.8. The van der Waals surface area contributed by atoms with Gasteiger partial charge in [-0.3, -0.25) is 0 Å². The van der Waals surface area contributed by atoms with Crippen LogP contribution in [0.25, 0.3) is 16.9 Å². The number of hydrogen-bond donors (Lipinski definition) is 0. The molecule has 25 heavy (non-hydrogen) atoms. The van der Waals surface area contributed by atoms with Gasteiger partial charge in [0.1, 0.15) is 5.65 Å². The molecule has 2 heterocycles. The quantitative estimate of drug-likeness (QED) is 0.588. The van der Waals surface area contributed by atoms with Crippen LogP contribution in [-0.4, -0.2) is 23.6 Å². The molecular formula is C20H23BrN2O2.